The zero-order valence-electron chi connectivity index (χ0n) is 18.4. The first kappa shape index (κ1) is 22.7. The molecule has 0 saturated carbocycles. The molecule has 5 N–H and O–H groups in total. The molecule has 0 unspecified atom stereocenters. The Morgan fingerprint density at radius 3 is 2.88 bits per heavy atom. The molecule has 174 valence electrons. The van der Waals surface area contributed by atoms with Crippen molar-refractivity contribution in [1.82, 2.24) is 14.9 Å². The van der Waals surface area contributed by atoms with Crippen LogP contribution in [0.25, 0.3) is 0 Å². The molecule has 0 bridgehead atoms. The van der Waals surface area contributed by atoms with Crippen LogP contribution in [0.15, 0.2) is 12.1 Å². The van der Waals surface area contributed by atoms with E-state index in [0.29, 0.717) is 68.5 Å². The number of hydrogen-bond acceptors (Lipinski definition) is 7. The molecule has 4 rings (SSSR count). The van der Waals surface area contributed by atoms with E-state index in [4.69, 9.17) is 31.8 Å². The number of aromatic nitrogens is 2. The summed E-state index contributed by atoms with van der Waals surface area (Å²) < 4.78 is 13.1. The van der Waals surface area contributed by atoms with Gasteiger partial charge in [0, 0.05) is 45.3 Å². The molecule has 0 radical (unpaired) electrons. The average molecular weight is 463 g/mol. The van der Waals surface area contributed by atoms with Crippen LogP contribution in [-0.4, -0.2) is 61.0 Å². The van der Waals surface area contributed by atoms with Crippen LogP contribution in [0.1, 0.15) is 41.4 Å². The van der Waals surface area contributed by atoms with Gasteiger partial charge in [-0.25, -0.2) is 0 Å². The number of benzene rings is 1. The Morgan fingerprint density at radius 2 is 2.12 bits per heavy atom. The average Bonchev–Trinajstić information content (AvgIpc) is 3.38. The number of rotatable bonds is 9. The second-order valence-corrected chi connectivity index (χ2v) is 8.40. The molecule has 1 amide bonds. The molecule has 2 aliphatic rings. The second-order valence-electron chi connectivity index (χ2n) is 7.99. The molecule has 1 aromatic carbocycles. The zero-order valence-corrected chi connectivity index (χ0v) is 19.1. The molecule has 0 aliphatic carbocycles. The number of hydrogen-bond donors (Lipinski definition) is 4. The first-order chi connectivity index (χ1) is 15.6. The van der Waals surface area contributed by atoms with Crippen molar-refractivity contribution in [2.45, 2.75) is 38.8 Å². The summed E-state index contributed by atoms with van der Waals surface area (Å²) in [7, 11) is 0. The summed E-state index contributed by atoms with van der Waals surface area (Å²) in [6, 6.07) is 4.23. The summed E-state index contributed by atoms with van der Waals surface area (Å²) >= 11 is 6.48. The van der Waals surface area contributed by atoms with Crippen LogP contribution in [0.3, 0.4) is 0 Å². The van der Waals surface area contributed by atoms with E-state index in [1.54, 1.807) is 0 Å². The van der Waals surface area contributed by atoms with Gasteiger partial charge in [0.1, 0.15) is 5.75 Å². The minimum atomic E-state index is -0.185. The van der Waals surface area contributed by atoms with Gasteiger partial charge in [0.05, 0.1) is 18.2 Å². The second kappa shape index (κ2) is 10.4. The number of imidazole rings is 1. The smallest absolute Gasteiger partial charge is 0.271 e. The maximum absolute atomic E-state index is 13.1. The SMILES string of the molecule is CCNC(=O)c1c(NCCN)nc(NC2CCOCC2)n1Cc1cc(Cl)c2c(c1)CCO2. The van der Waals surface area contributed by atoms with Crippen LogP contribution in [0.5, 0.6) is 5.75 Å². The molecule has 32 heavy (non-hydrogen) atoms. The first-order valence-electron chi connectivity index (χ1n) is 11.2. The van der Waals surface area contributed by atoms with Gasteiger partial charge >= 0.3 is 0 Å². The standard InChI is InChI=1S/C22H31ClN6O3/c1-2-25-21(30)18-20(26-7-6-24)28-22(27-16-4-8-31-9-5-16)29(18)13-14-11-15-3-10-32-19(15)17(23)12-14/h11-12,16,26H,2-10,13,24H2,1H3,(H,25,30)(H,27,28). The van der Waals surface area contributed by atoms with Crippen molar-refractivity contribution in [2.75, 3.05) is 50.1 Å². The highest BCUT2D eigenvalue weighted by molar-refractivity contribution is 6.32. The fraction of sp³-hybridized carbons (Fsp3) is 0.545. The van der Waals surface area contributed by atoms with Gasteiger partial charge in [0.2, 0.25) is 5.95 Å². The van der Waals surface area contributed by atoms with Gasteiger partial charge < -0.3 is 31.2 Å². The van der Waals surface area contributed by atoms with Crippen molar-refractivity contribution in [2.24, 2.45) is 5.73 Å². The van der Waals surface area contributed by atoms with Gasteiger partial charge in [-0.05, 0) is 37.0 Å². The number of carbonyl (C=O) groups excluding carboxylic acids is 1. The predicted octanol–water partition coefficient (Wildman–Crippen LogP) is 2.23. The van der Waals surface area contributed by atoms with Gasteiger partial charge in [-0.3, -0.25) is 9.36 Å². The van der Waals surface area contributed by atoms with Crippen molar-refractivity contribution in [1.29, 1.82) is 0 Å². The molecule has 0 spiro atoms. The first-order valence-corrected chi connectivity index (χ1v) is 11.6. The van der Waals surface area contributed by atoms with Crippen LogP contribution >= 0.6 is 11.6 Å². The van der Waals surface area contributed by atoms with E-state index in [9.17, 15) is 4.79 Å². The fourth-order valence-electron chi connectivity index (χ4n) is 4.13. The highest BCUT2D eigenvalue weighted by Gasteiger charge is 2.26. The quantitative estimate of drug-likeness (QED) is 0.451. The number of halogens is 1. The fourth-order valence-corrected chi connectivity index (χ4v) is 4.44. The number of amides is 1. The predicted molar refractivity (Wildman–Crippen MR) is 125 cm³/mol. The summed E-state index contributed by atoms with van der Waals surface area (Å²) in [5, 5.41) is 10.2. The largest absolute Gasteiger partial charge is 0.491 e. The summed E-state index contributed by atoms with van der Waals surface area (Å²) in [4.78, 5) is 17.8. The zero-order chi connectivity index (χ0) is 22.5. The Balaban J connectivity index is 1.73. The Hall–Kier alpha value is -2.49. The number of nitrogens with two attached hydrogens (primary N) is 1. The number of fused-ring (bicyclic) bond motifs is 1. The van der Waals surface area contributed by atoms with Crippen molar-refractivity contribution in [3.05, 3.63) is 34.0 Å². The van der Waals surface area contributed by atoms with Gasteiger partial charge in [-0.2, -0.15) is 4.98 Å². The summed E-state index contributed by atoms with van der Waals surface area (Å²) in [6.07, 6.45) is 2.60. The van der Waals surface area contributed by atoms with Crippen molar-refractivity contribution >= 4 is 29.3 Å². The molecule has 1 fully saturated rings. The lowest BCUT2D eigenvalue weighted by molar-refractivity contribution is 0.0901. The van der Waals surface area contributed by atoms with Crippen LogP contribution in [0.4, 0.5) is 11.8 Å². The van der Waals surface area contributed by atoms with Crippen LogP contribution in [0.2, 0.25) is 5.02 Å². The summed E-state index contributed by atoms with van der Waals surface area (Å²) in [5.41, 5.74) is 8.25. The van der Waals surface area contributed by atoms with Crippen LogP contribution < -0.4 is 26.4 Å². The van der Waals surface area contributed by atoms with Crippen molar-refractivity contribution in [3.8, 4) is 5.75 Å². The normalized spacial score (nSPS) is 15.8. The van der Waals surface area contributed by atoms with Crippen molar-refractivity contribution in [3.63, 3.8) is 0 Å². The maximum Gasteiger partial charge on any atom is 0.271 e. The monoisotopic (exact) mass is 462 g/mol. The van der Waals surface area contributed by atoms with Crippen molar-refractivity contribution < 1.29 is 14.3 Å². The van der Waals surface area contributed by atoms with Gasteiger partial charge in [-0.15, -0.1) is 0 Å². The highest BCUT2D eigenvalue weighted by atomic mass is 35.5. The maximum atomic E-state index is 13.1. The molecule has 2 aromatic rings. The third-order valence-electron chi connectivity index (χ3n) is 5.65. The third kappa shape index (κ3) is 4.95. The van der Waals surface area contributed by atoms with Gasteiger partial charge in [0.25, 0.3) is 5.91 Å². The summed E-state index contributed by atoms with van der Waals surface area (Å²) in [6.45, 7) is 5.87. The van der Waals surface area contributed by atoms with Crippen LogP contribution in [-0.2, 0) is 17.7 Å². The topological polar surface area (TPSA) is 115 Å². The Morgan fingerprint density at radius 1 is 1.31 bits per heavy atom. The Bertz CT molecular complexity index is 958. The number of anilines is 2. The molecular formula is C22H31ClN6O3. The molecule has 2 aliphatic heterocycles. The van der Waals surface area contributed by atoms with E-state index >= 15 is 0 Å². The number of nitrogens with one attached hydrogen (secondary N) is 3. The Labute approximate surface area is 193 Å². The lowest BCUT2D eigenvalue weighted by atomic mass is 10.1. The molecule has 9 nitrogen and oxygen atoms in total. The van der Waals surface area contributed by atoms with E-state index < -0.39 is 0 Å². The highest BCUT2D eigenvalue weighted by Crippen LogP contribution is 2.35. The molecule has 3 heterocycles. The summed E-state index contributed by atoms with van der Waals surface area (Å²) in [5.74, 6) is 1.74. The van der Waals surface area contributed by atoms with E-state index in [2.05, 4.69) is 22.0 Å². The minimum absolute atomic E-state index is 0.185. The lowest BCUT2D eigenvalue weighted by Crippen LogP contribution is -2.30. The van der Waals surface area contributed by atoms with Gasteiger partial charge in [0.15, 0.2) is 11.5 Å². The number of ether oxygens (including phenoxy) is 2. The van der Waals surface area contributed by atoms with E-state index in [-0.39, 0.29) is 11.9 Å². The Kier molecular flexibility index (Phi) is 7.39. The third-order valence-corrected chi connectivity index (χ3v) is 5.93. The van der Waals surface area contributed by atoms with E-state index in [0.717, 1.165) is 36.1 Å². The lowest BCUT2D eigenvalue weighted by Gasteiger charge is -2.24. The molecule has 0 atom stereocenters. The molecule has 1 saturated heterocycles. The minimum Gasteiger partial charge on any atom is -0.491 e. The van der Waals surface area contributed by atoms with Gasteiger partial charge in [-0.1, -0.05) is 17.7 Å². The van der Waals surface area contributed by atoms with Crippen LogP contribution in [0, 0.1) is 0 Å². The molecular weight excluding hydrogens is 432 g/mol. The number of carbonyl (C=O) groups is 1. The van der Waals surface area contributed by atoms with E-state index in [1.165, 1.54) is 0 Å². The molecule has 10 heteroatoms. The van der Waals surface area contributed by atoms with E-state index in [1.807, 2.05) is 17.6 Å². The molecule has 1 aromatic heterocycles. The number of nitrogens with zero attached hydrogens (tertiary/aromatic N) is 2.